The molecule has 0 aliphatic rings. The molecule has 86 valence electrons. The lowest BCUT2D eigenvalue weighted by atomic mass is 10.7. The Labute approximate surface area is 121 Å². The Balaban J connectivity index is 1.70. The summed E-state index contributed by atoms with van der Waals surface area (Å²) in [7, 11) is 0. The van der Waals surface area contributed by atoms with Gasteiger partial charge < -0.3 is 0 Å². The first-order valence-electron chi connectivity index (χ1n) is 4.93. The molecule has 0 fully saturated rings. The second-order valence-corrected chi connectivity index (χ2v) is 9.32. The van der Waals surface area contributed by atoms with E-state index < -0.39 is 0 Å². The van der Waals surface area contributed by atoms with Crippen LogP contribution in [0, 0.1) is 0 Å². The van der Waals surface area contributed by atoms with Crippen molar-refractivity contribution >= 4 is 57.5 Å². The van der Waals surface area contributed by atoms with E-state index in [0.29, 0.717) is 0 Å². The molecule has 0 amide bonds. The zero-order valence-electron chi connectivity index (χ0n) is 8.66. The van der Waals surface area contributed by atoms with Gasteiger partial charge in [0.1, 0.15) is 0 Å². The highest BCUT2D eigenvalue weighted by molar-refractivity contribution is 8.05. The van der Waals surface area contributed by atoms with Crippen molar-refractivity contribution in [1.82, 2.24) is 0 Å². The van der Waals surface area contributed by atoms with Gasteiger partial charge in [-0.15, -0.1) is 34.0 Å². The Morgan fingerprint density at radius 2 is 1.18 bits per heavy atom. The molecule has 0 aromatic carbocycles. The number of rotatable bonds is 4. The van der Waals surface area contributed by atoms with Crippen LogP contribution in [0.4, 0.5) is 0 Å². The minimum Gasteiger partial charge on any atom is -0.137 e. The van der Waals surface area contributed by atoms with Crippen molar-refractivity contribution in [1.29, 1.82) is 0 Å². The van der Waals surface area contributed by atoms with Gasteiger partial charge in [-0.2, -0.15) is 0 Å². The molecule has 3 aromatic rings. The maximum absolute atomic E-state index is 2.21. The van der Waals surface area contributed by atoms with E-state index in [-0.39, 0.29) is 0 Å². The van der Waals surface area contributed by atoms with Gasteiger partial charge in [0, 0.05) is 0 Å². The van der Waals surface area contributed by atoms with E-state index in [2.05, 4.69) is 47.2 Å². The van der Waals surface area contributed by atoms with E-state index in [1.54, 1.807) is 22.7 Å². The SMILES string of the molecule is c1csc(Sc2ccc(Sc3cccs3)s2)c1. The predicted molar refractivity (Wildman–Crippen MR) is 81.2 cm³/mol. The average molecular weight is 313 g/mol. The third-order valence-electron chi connectivity index (χ3n) is 1.95. The lowest BCUT2D eigenvalue weighted by molar-refractivity contribution is 1.64. The minimum absolute atomic E-state index is 1.36. The molecule has 0 unspecified atom stereocenters. The van der Waals surface area contributed by atoms with Crippen LogP contribution >= 0.6 is 57.5 Å². The van der Waals surface area contributed by atoms with Crippen molar-refractivity contribution in [2.45, 2.75) is 16.8 Å². The van der Waals surface area contributed by atoms with E-state index in [4.69, 9.17) is 0 Å². The van der Waals surface area contributed by atoms with Crippen LogP contribution in [0.5, 0.6) is 0 Å². The van der Waals surface area contributed by atoms with Crippen LogP contribution < -0.4 is 0 Å². The van der Waals surface area contributed by atoms with E-state index in [1.807, 2.05) is 34.9 Å². The molecular weight excluding hydrogens is 304 g/mol. The number of thiophene rings is 3. The van der Waals surface area contributed by atoms with Crippen LogP contribution in [0.1, 0.15) is 0 Å². The number of hydrogen-bond acceptors (Lipinski definition) is 5. The fraction of sp³-hybridized carbons (Fsp3) is 0. The minimum atomic E-state index is 1.36. The molecule has 0 saturated carbocycles. The fourth-order valence-electron chi connectivity index (χ4n) is 1.25. The van der Waals surface area contributed by atoms with E-state index in [1.165, 1.54) is 16.8 Å². The van der Waals surface area contributed by atoms with Gasteiger partial charge in [-0.3, -0.25) is 0 Å². The van der Waals surface area contributed by atoms with Gasteiger partial charge >= 0.3 is 0 Å². The quantitative estimate of drug-likeness (QED) is 0.564. The summed E-state index contributed by atoms with van der Waals surface area (Å²) < 4.78 is 5.46. The largest absolute Gasteiger partial charge is 0.137 e. The lowest BCUT2D eigenvalue weighted by Gasteiger charge is -1.93. The Kier molecular flexibility index (Phi) is 3.93. The molecule has 3 aromatic heterocycles. The predicted octanol–water partition coefficient (Wildman–Crippen LogP) is 6.17. The first kappa shape index (κ1) is 11.9. The van der Waals surface area contributed by atoms with Crippen molar-refractivity contribution in [3.63, 3.8) is 0 Å². The monoisotopic (exact) mass is 312 g/mol. The molecule has 0 radical (unpaired) electrons. The molecule has 0 aliphatic carbocycles. The second-order valence-electron chi connectivity index (χ2n) is 3.14. The maximum atomic E-state index is 2.21. The molecule has 0 bridgehead atoms. The summed E-state index contributed by atoms with van der Waals surface area (Å²) in [6, 6.07) is 13.0. The highest BCUT2D eigenvalue weighted by atomic mass is 32.2. The molecule has 0 aliphatic heterocycles. The summed E-state index contributed by atoms with van der Waals surface area (Å²) >= 11 is 9.17. The summed E-state index contributed by atoms with van der Waals surface area (Å²) in [4.78, 5) is 0. The van der Waals surface area contributed by atoms with Crippen molar-refractivity contribution in [3.8, 4) is 0 Å². The zero-order chi connectivity index (χ0) is 11.5. The normalized spacial score (nSPS) is 10.8. The van der Waals surface area contributed by atoms with Gasteiger partial charge in [0.2, 0.25) is 0 Å². The third kappa shape index (κ3) is 3.17. The second kappa shape index (κ2) is 5.63. The van der Waals surface area contributed by atoms with Crippen LogP contribution in [0.3, 0.4) is 0 Å². The van der Waals surface area contributed by atoms with Gasteiger partial charge in [-0.05, 0) is 35.0 Å². The van der Waals surface area contributed by atoms with Gasteiger partial charge in [0.05, 0.1) is 16.8 Å². The molecule has 0 nitrogen and oxygen atoms in total. The van der Waals surface area contributed by atoms with Gasteiger partial charge in [-0.25, -0.2) is 0 Å². The lowest BCUT2D eigenvalue weighted by Crippen LogP contribution is -1.56. The Morgan fingerprint density at radius 3 is 1.59 bits per heavy atom. The van der Waals surface area contributed by atoms with Gasteiger partial charge in [-0.1, -0.05) is 35.7 Å². The summed E-state index contributed by atoms with van der Waals surface area (Å²) in [5.41, 5.74) is 0. The summed E-state index contributed by atoms with van der Waals surface area (Å²) in [6.45, 7) is 0. The highest BCUT2D eigenvalue weighted by Gasteiger charge is 2.05. The van der Waals surface area contributed by atoms with Crippen LogP contribution in [-0.2, 0) is 0 Å². The van der Waals surface area contributed by atoms with Gasteiger partial charge in [0.15, 0.2) is 0 Å². The topological polar surface area (TPSA) is 0 Å². The van der Waals surface area contributed by atoms with Crippen LogP contribution in [0.25, 0.3) is 0 Å². The summed E-state index contributed by atoms with van der Waals surface area (Å²) in [5.74, 6) is 0. The molecule has 5 heteroatoms. The first-order valence-corrected chi connectivity index (χ1v) is 9.13. The Morgan fingerprint density at radius 1 is 0.647 bits per heavy atom. The molecule has 3 rings (SSSR count). The van der Waals surface area contributed by atoms with Crippen LogP contribution in [0.2, 0.25) is 0 Å². The van der Waals surface area contributed by atoms with Gasteiger partial charge in [0.25, 0.3) is 0 Å². The van der Waals surface area contributed by atoms with E-state index in [0.717, 1.165) is 0 Å². The molecule has 0 spiro atoms. The molecule has 0 atom stereocenters. The van der Waals surface area contributed by atoms with Crippen molar-refractivity contribution in [2.24, 2.45) is 0 Å². The summed E-state index contributed by atoms with van der Waals surface area (Å²) in [6.07, 6.45) is 0. The summed E-state index contributed by atoms with van der Waals surface area (Å²) in [5, 5.41) is 4.24. The van der Waals surface area contributed by atoms with Crippen LogP contribution in [-0.4, -0.2) is 0 Å². The Bertz CT molecular complexity index is 511. The Hall–Kier alpha value is -0.200. The average Bonchev–Trinajstić information content (AvgIpc) is 3.02. The fourth-order valence-corrected chi connectivity index (χ4v) is 6.73. The maximum Gasteiger partial charge on any atom is 0.0666 e. The molecule has 0 saturated heterocycles. The molecule has 3 heterocycles. The highest BCUT2D eigenvalue weighted by Crippen LogP contribution is 2.41. The zero-order valence-corrected chi connectivity index (χ0v) is 12.7. The van der Waals surface area contributed by atoms with E-state index >= 15 is 0 Å². The van der Waals surface area contributed by atoms with Crippen LogP contribution in [0.15, 0.2) is 64.0 Å². The number of hydrogen-bond donors (Lipinski definition) is 0. The standard InChI is InChI=1S/C12H8S5/c1-3-9(13-7-1)15-11-5-6-12(17-11)16-10-4-2-8-14-10/h1-8H. The van der Waals surface area contributed by atoms with Crippen molar-refractivity contribution in [2.75, 3.05) is 0 Å². The molecule has 0 N–H and O–H groups in total. The molecular formula is C12H8S5. The van der Waals surface area contributed by atoms with E-state index in [9.17, 15) is 0 Å². The van der Waals surface area contributed by atoms with Crippen molar-refractivity contribution in [3.05, 3.63) is 47.2 Å². The first-order chi connectivity index (χ1) is 8.40. The third-order valence-corrected chi connectivity index (χ3v) is 7.37. The molecule has 17 heavy (non-hydrogen) atoms. The van der Waals surface area contributed by atoms with Crippen molar-refractivity contribution < 1.29 is 0 Å². The smallest absolute Gasteiger partial charge is 0.0666 e.